The molecule has 3 nitrogen and oxygen atoms in total. The Balaban J connectivity index is 0.00000364. The van der Waals surface area contributed by atoms with Gasteiger partial charge in [0.2, 0.25) is 0 Å². The van der Waals surface area contributed by atoms with Crippen LogP contribution < -0.4 is 29.6 Å². The minimum atomic E-state index is -4.53. The van der Waals surface area contributed by atoms with E-state index in [4.69, 9.17) is 0 Å². The van der Waals surface area contributed by atoms with Gasteiger partial charge in [-0.1, -0.05) is 64.3 Å². The number of aryl methyl sites for hydroxylation is 1. The van der Waals surface area contributed by atoms with E-state index in [-0.39, 0.29) is 34.5 Å². The van der Waals surface area contributed by atoms with Crippen LogP contribution in [-0.2, 0) is 29.4 Å². The van der Waals surface area contributed by atoms with E-state index in [9.17, 15) is 13.0 Å². The van der Waals surface area contributed by atoms with E-state index >= 15 is 0 Å². The molecule has 2 aromatic carbocycles. The van der Waals surface area contributed by atoms with Gasteiger partial charge in [0.1, 0.15) is 10.1 Å². The summed E-state index contributed by atoms with van der Waals surface area (Å²) >= 11 is 0. The minimum absolute atomic E-state index is 0. The van der Waals surface area contributed by atoms with E-state index in [0.717, 1.165) is 67.9 Å². The van der Waals surface area contributed by atoms with E-state index in [1.54, 1.807) is 6.07 Å². The van der Waals surface area contributed by atoms with Gasteiger partial charge in [-0.3, -0.25) is 0 Å². The largest absolute Gasteiger partial charge is 1.00 e. The van der Waals surface area contributed by atoms with Crippen molar-refractivity contribution in [3.05, 3.63) is 41.0 Å². The SMILES string of the molecule is CCCCc1c(CCCC)c(S(=O)(=O)[O-])c2ccccc2c1CCCC.[Na+]. The van der Waals surface area contributed by atoms with E-state index in [1.807, 2.05) is 18.2 Å². The molecule has 5 heteroatoms. The minimum Gasteiger partial charge on any atom is -0.744 e. The quantitative estimate of drug-likeness (QED) is 0.457. The predicted molar refractivity (Wildman–Crippen MR) is 108 cm³/mol. The second-order valence-corrected chi connectivity index (χ2v) is 8.39. The Morgan fingerprint density at radius 2 is 1.19 bits per heavy atom. The Morgan fingerprint density at radius 3 is 1.67 bits per heavy atom. The summed E-state index contributed by atoms with van der Waals surface area (Å²) in [4.78, 5) is 0.0351. The van der Waals surface area contributed by atoms with Gasteiger partial charge in [-0.2, -0.15) is 0 Å². The number of hydrogen-bond donors (Lipinski definition) is 0. The van der Waals surface area contributed by atoms with Crippen LogP contribution in [-0.4, -0.2) is 13.0 Å². The zero-order valence-electron chi connectivity index (χ0n) is 17.3. The fraction of sp³-hybridized carbons (Fsp3) is 0.545. The Kier molecular flexibility index (Phi) is 10.6. The smallest absolute Gasteiger partial charge is 0.744 e. The van der Waals surface area contributed by atoms with Crippen molar-refractivity contribution in [3.63, 3.8) is 0 Å². The van der Waals surface area contributed by atoms with Gasteiger partial charge in [0.25, 0.3) is 0 Å². The maximum absolute atomic E-state index is 12.2. The Morgan fingerprint density at radius 1 is 0.741 bits per heavy atom. The third-order valence-corrected chi connectivity index (χ3v) is 6.06. The van der Waals surface area contributed by atoms with E-state index in [1.165, 1.54) is 5.56 Å². The molecular formula is C22H31NaO3S. The molecule has 0 unspecified atom stereocenters. The molecule has 2 aromatic rings. The van der Waals surface area contributed by atoms with Crippen LogP contribution >= 0.6 is 0 Å². The molecule has 0 aliphatic rings. The van der Waals surface area contributed by atoms with Gasteiger partial charge in [-0.05, 0) is 66.0 Å². The van der Waals surface area contributed by atoms with Crippen molar-refractivity contribution in [2.75, 3.05) is 0 Å². The van der Waals surface area contributed by atoms with Crippen molar-refractivity contribution < 1.29 is 42.5 Å². The molecule has 2 rings (SSSR count). The standard InChI is InChI=1S/C22H32O3S.Na/c1-4-7-12-17-18(13-8-5-2)20(14-9-6-3)22(26(23,24)25)21-16-11-10-15-19(17)21;/h10-11,15-16H,4-9,12-14H2,1-3H3,(H,23,24,25);/q;+1/p-1. The molecule has 144 valence electrons. The third kappa shape index (κ3) is 6.04. The molecule has 0 atom stereocenters. The zero-order valence-corrected chi connectivity index (χ0v) is 20.1. The molecule has 0 aliphatic heterocycles. The van der Waals surface area contributed by atoms with Gasteiger partial charge in [0.05, 0.1) is 4.90 Å². The van der Waals surface area contributed by atoms with Crippen LogP contribution in [0.2, 0.25) is 0 Å². The van der Waals surface area contributed by atoms with E-state index in [2.05, 4.69) is 20.8 Å². The van der Waals surface area contributed by atoms with Crippen molar-refractivity contribution in [3.8, 4) is 0 Å². The summed E-state index contributed by atoms with van der Waals surface area (Å²) in [7, 11) is -4.53. The normalized spacial score (nSPS) is 11.6. The van der Waals surface area contributed by atoms with E-state index in [0.29, 0.717) is 11.8 Å². The molecule has 0 aromatic heterocycles. The fourth-order valence-electron chi connectivity index (χ4n) is 3.79. The molecule has 0 amide bonds. The molecule has 0 spiro atoms. The van der Waals surface area contributed by atoms with Gasteiger partial charge in [0.15, 0.2) is 0 Å². The van der Waals surface area contributed by atoms with Crippen LogP contribution in [0, 0.1) is 0 Å². The summed E-state index contributed by atoms with van der Waals surface area (Å²) in [6, 6.07) is 7.55. The number of benzene rings is 2. The third-order valence-electron chi connectivity index (χ3n) is 5.09. The first kappa shape index (κ1) is 24.6. The molecule has 0 fully saturated rings. The summed E-state index contributed by atoms with van der Waals surface area (Å²) in [6.45, 7) is 6.40. The molecule has 27 heavy (non-hydrogen) atoms. The van der Waals surface area contributed by atoms with Crippen LogP contribution in [0.5, 0.6) is 0 Å². The summed E-state index contributed by atoms with van der Waals surface area (Å²) in [6.07, 6.45) is 8.54. The second kappa shape index (κ2) is 11.6. The first-order valence-corrected chi connectivity index (χ1v) is 11.4. The van der Waals surface area contributed by atoms with Crippen molar-refractivity contribution in [1.82, 2.24) is 0 Å². The van der Waals surface area contributed by atoms with Crippen LogP contribution in [0.4, 0.5) is 0 Å². The first-order valence-electron chi connectivity index (χ1n) is 9.96. The number of rotatable bonds is 10. The zero-order chi connectivity index (χ0) is 19.2. The Bertz CT molecular complexity index is 844. The summed E-state index contributed by atoms with van der Waals surface area (Å²) in [5.41, 5.74) is 3.18. The summed E-state index contributed by atoms with van der Waals surface area (Å²) in [5.74, 6) is 0. The Labute approximate surface area is 187 Å². The molecular weight excluding hydrogens is 367 g/mol. The fourth-order valence-corrected chi connectivity index (χ4v) is 4.76. The van der Waals surface area contributed by atoms with Crippen LogP contribution in [0.15, 0.2) is 29.2 Å². The first-order chi connectivity index (χ1) is 12.5. The molecule has 0 bridgehead atoms. The second-order valence-electron chi connectivity index (χ2n) is 7.08. The van der Waals surface area contributed by atoms with E-state index < -0.39 is 10.1 Å². The van der Waals surface area contributed by atoms with Crippen molar-refractivity contribution in [1.29, 1.82) is 0 Å². The molecule has 0 saturated heterocycles. The molecule has 0 N–H and O–H groups in total. The van der Waals surface area contributed by atoms with Gasteiger partial charge >= 0.3 is 29.6 Å². The average molecular weight is 399 g/mol. The van der Waals surface area contributed by atoms with Crippen molar-refractivity contribution in [2.24, 2.45) is 0 Å². The summed E-state index contributed by atoms with van der Waals surface area (Å²) in [5, 5.41) is 1.56. The maximum Gasteiger partial charge on any atom is 1.00 e. The van der Waals surface area contributed by atoms with Crippen LogP contribution in [0.25, 0.3) is 10.8 Å². The average Bonchev–Trinajstić information content (AvgIpc) is 2.61. The predicted octanol–water partition coefficient (Wildman–Crippen LogP) is 2.78. The van der Waals surface area contributed by atoms with Crippen molar-refractivity contribution >= 4 is 20.9 Å². The van der Waals surface area contributed by atoms with Gasteiger partial charge in [-0.25, -0.2) is 8.42 Å². The molecule has 0 radical (unpaired) electrons. The number of fused-ring (bicyclic) bond motifs is 1. The molecule has 0 saturated carbocycles. The van der Waals surface area contributed by atoms with Crippen LogP contribution in [0.3, 0.4) is 0 Å². The van der Waals surface area contributed by atoms with Crippen LogP contribution in [0.1, 0.15) is 76.0 Å². The maximum atomic E-state index is 12.2. The monoisotopic (exact) mass is 398 g/mol. The number of hydrogen-bond acceptors (Lipinski definition) is 3. The number of unbranched alkanes of at least 4 members (excludes halogenated alkanes) is 3. The molecule has 0 heterocycles. The Hall–Kier alpha value is -0.390. The topological polar surface area (TPSA) is 57.2 Å². The summed E-state index contributed by atoms with van der Waals surface area (Å²) < 4.78 is 36.7. The molecule has 0 aliphatic carbocycles. The van der Waals surface area contributed by atoms with Crippen molar-refractivity contribution in [2.45, 2.75) is 83.5 Å². The van der Waals surface area contributed by atoms with Gasteiger partial charge in [0, 0.05) is 0 Å². The van der Waals surface area contributed by atoms with Gasteiger partial charge in [-0.15, -0.1) is 0 Å². The van der Waals surface area contributed by atoms with Gasteiger partial charge < -0.3 is 4.55 Å².